The van der Waals surface area contributed by atoms with Gasteiger partial charge in [-0.3, -0.25) is 9.78 Å². The first-order valence-electron chi connectivity index (χ1n) is 9.00. The maximum Gasteiger partial charge on any atom is 0.258 e. The van der Waals surface area contributed by atoms with Gasteiger partial charge in [0.15, 0.2) is 0 Å². The van der Waals surface area contributed by atoms with Gasteiger partial charge in [-0.05, 0) is 42.8 Å². The van der Waals surface area contributed by atoms with Crippen LogP contribution < -0.4 is 9.64 Å². The third-order valence-electron chi connectivity index (χ3n) is 4.17. The highest BCUT2D eigenvalue weighted by Crippen LogP contribution is 2.23. The zero-order valence-corrected chi connectivity index (χ0v) is 15.6. The molecule has 0 radical (unpaired) electrons. The van der Waals surface area contributed by atoms with Crippen molar-refractivity contribution in [2.75, 3.05) is 18.6 Å². The summed E-state index contributed by atoms with van der Waals surface area (Å²) in [6.07, 6.45) is 3.66. The Hall–Kier alpha value is -3.32. The standard InChI is InChI=1S/C23H22N2O2/c1-3-4-5-6-15-27-21-11-7-10-20(17-21)25(2)23(26)19-12-13-22-18(16-19)9-8-14-24-22/h7-14,16-17H,3-4,15H2,1-2H3. The van der Waals surface area contributed by atoms with E-state index >= 15 is 0 Å². The normalized spacial score (nSPS) is 10.1. The molecule has 1 amide bonds. The molecule has 4 heteroatoms. The lowest BCUT2D eigenvalue weighted by atomic mass is 10.1. The van der Waals surface area contributed by atoms with E-state index in [1.165, 1.54) is 0 Å². The molecule has 0 fully saturated rings. The van der Waals surface area contributed by atoms with Crippen LogP contribution in [0.2, 0.25) is 0 Å². The van der Waals surface area contributed by atoms with Crippen LogP contribution in [0.1, 0.15) is 30.1 Å². The van der Waals surface area contributed by atoms with Crippen LogP contribution in [0.25, 0.3) is 10.9 Å². The summed E-state index contributed by atoms with van der Waals surface area (Å²) in [5.74, 6) is 6.66. The summed E-state index contributed by atoms with van der Waals surface area (Å²) in [7, 11) is 1.76. The summed E-state index contributed by atoms with van der Waals surface area (Å²) in [5, 5.41) is 0.944. The van der Waals surface area contributed by atoms with Crippen molar-refractivity contribution in [3.05, 3.63) is 66.4 Å². The van der Waals surface area contributed by atoms with E-state index in [-0.39, 0.29) is 5.91 Å². The zero-order valence-electron chi connectivity index (χ0n) is 15.6. The molecule has 136 valence electrons. The lowest BCUT2D eigenvalue weighted by molar-refractivity contribution is 0.0993. The van der Waals surface area contributed by atoms with Gasteiger partial charge < -0.3 is 9.64 Å². The molecular formula is C23H22N2O2. The predicted molar refractivity (Wildman–Crippen MR) is 109 cm³/mol. The van der Waals surface area contributed by atoms with E-state index in [2.05, 4.69) is 23.7 Å². The molecule has 1 heterocycles. The van der Waals surface area contributed by atoms with Crippen LogP contribution in [-0.4, -0.2) is 24.5 Å². The number of ether oxygens (including phenoxy) is 1. The third-order valence-corrected chi connectivity index (χ3v) is 4.17. The molecule has 0 N–H and O–H groups in total. The summed E-state index contributed by atoms with van der Waals surface area (Å²) in [5.41, 5.74) is 2.26. The molecule has 0 aliphatic carbocycles. The summed E-state index contributed by atoms with van der Waals surface area (Å²) in [6, 6.07) is 16.8. The molecule has 27 heavy (non-hydrogen) atoms. The number of rotatable bonds is 5. The van der Waals surface area contributed by atoms with Gasteiger partial charge in [0.25, 0.3) is 5.91 Å². The fraction of sp³-hybridized carbons (Fsp3) is 0.217. The van der Waals surface area contributed by atoms with Crippen molar-refractivity contribution in [3.8, 4) is 17.6 Å². The number of carbonyl (C=O) groups is 1. The van der Waals surface area contributed by atoms with E-state index in [1.54, 1.807) is 24.2 Å². The summed E-state index contributed by atoms with van der Waals surface area (Å²) < 4.78 is 5.67. The van der Waals surface area contributed by atoms with Gasteiger partial charge in [-0.15, -0.1) is 0 Å². The maximum absolute atomic E-state index is 12.9. The van der Waals surface area contributed by atoms with Crippen molar-refractivity contribution in [2.24, 2.45) is 0 Å². The fourth-order valence-electron chi connectivity index (χ4n) is 2.69. The molecule has 0 aliphatic heterocycles. The van der Waals surface area contributed by atoms with Crippen molar-refractivity contribution >= 4 is 22.5 Å². The van der Waals surface area contributed by atoms with Gasteiger partial charge >= 0.3 is 0 Å². The summed E-state index contributed by atoms with van der Waals surface area (Å²) in [6.45, 7) is 2.44. The van der Waals surface area contributed by atoms with Crippen LogP contribution in [0.3, 0.4) is 0 Å². The smallest absolute Gasteiger partial charge is 0.258 e. The summed E-state index contributed by atoms with van der Waals surface area (Å²) in [4.78, 5) is 18.8. The van der Waals surface area contributed by atoms with Crippen LogP contribution in [0.5, 0.6) is 5.75 Å². The number of nitrogens with zero attached hydrogens (tertiary/aromatic N) is 2. The number of amides is 1. The Morgan fingerprint density at radius 3 is 2.85 bits per heavy atom. The molecule has 3 rings (SSSR count). The van der Waals surface area contributed by atoms with Gasteiger partial charge in [-0.2, -0.15) is 0 Å². The lowest BCUT2D eigenvalue weighted by Crippen LogP contribution is -2.26. The Labute approximate surface area is 159 Å². The molecule has 0 saturated heterocycles. The zero-order chi connectivity index (χ0) is 19.1. The van der Waals surface area contributed by atoms with Crippen LogP contribution in [-0.2, 0) is 0 Å². The van der Waals surface area contributed by atoms with Crippen molar-refractivity contribution in [1.29, 1.82) is 0 Å². The molecule has 1 aromatic heterocycles. The van der Waals surface area contributed by atoms with E-state index in [1.807, 2.05) is 48.5 Å². The number of pyridine rings is 1. The minimum absolute atomic E-state index is 0.0827. The van der Waals surface area contributed by atoms with Gasteiger partial charge in [-0.25, -0.2) is 0 Å². The molecule has 0 spiro atoms. The van der Waals surface area contributed by atoms with Gasteiger partial charge in [0.2, 0.25) is 0 Å². The number of benzene rings is 2. The van der Waals surface area contributed by atoms with Crippen LogP contribution in [0.15, 0.2) is 60.8 Å². The monoisotopic (exact) mass is 358 g/mol. The number of hydrogen-bond acceptors (Lipinski definition) is 3. The molecular weight excluding hydrogens is 336 g/mol. The second kappa shape index (κ2) is 8.86. The highest BCUT2D eigenvalue weighted by atomic mass is 16.5. The molecule has 0 aliphatic rings. The Kier molecular flexibility index (Phi) is 6.06. The van der Waals surface area contributed by atoms with Crippen molar-refractivity contribution in [2.45, 2.75) is 19.8 Å². The first-order chi connectivity index (χ1) is 13.2. The number of unbranched alkanes of at least 4 members (excludes halogenated alkanes) is 1. The second-order valence-electron chi connectivity index (χ2n) is 6.16. The molecule has 2 aromatic carbocycles. The van der Waals surface area contributed by atoms with Crippen LogP contribution in [0, 0.1) is 11.8 Å². The molecule has 4 nitrogen and oxygen atoms in total. The maximum atomic E-state index is 12.9. The number of aromatic nitrogens is 1. The fourth-order valence-corrected chi connectivity index (χ4v) is 2.69. The topological polar surface area (TPSA) is 42.4 Å². The Morgan fingerprint density at radius 1 is 1.11 bits per heavy atom. The van der Waals surface area contributed by atoms with Crippen molar-refractivity contribution < 1.29 is 9.53 Å². The van der Waals surface area contributed by atoms with E-state index in [0.717, 1.165) is 29.4 Å². The van der Waals surface area contributed by atoms with Crippen LogP contribution >= 0.6 is 0 Å². The first kappa shape index (κ1) is 18.5. The Balaban J connectivity index is 1.74. The van der Waals surface area contributed by atoms with Gasteiger partial charge in [0, 0.05) is 42.4 Å². The number of anilines is 1. The molecule has 0 bridgehead atoms. The van der Waals surface area contributed by atoms with E-state index in [9.17, 15) is 4.79 Å². The second-order valence-corrected chi connectivity index (χ2v) is 6.16. The van der Waals surface area contributed by atoms with E-state index < -0.39 is 0 Å². The predicted octanol–water partition coefficient (Wildman–Crippen LogP) is 4.69. The molecule has 0 atom stereocenters. The summed E-state index contributed by atoms with van der Waals surface area (Å²) >= 11 is 0. The number of hydrogen-bond donors (Lipinski definition) is 0. The Morgan fingerprint density at radius 2 is 2.00 bits per heavy atom. The lowest BCUT2D eigenvalue weighted by Gasteiger charge is -2.18. The molecule has 0 unspecified atom stereocenters. The average molecular weight is 358 g/mol. The highest BCUT2D eigenvalue weighted by molar-refractivity contribution is 6.07. The average Bonchev–Trinajstić information content (AvgIpc) is 2.72. The van der Waals surface area contributed by atoms with Crippen molar-refractivity contribution in [1.82, 2.24) is 4.98 Å². The van der Waals surface area contributed by atoms with Crippen molar-refractivity contribution in [3.63, 3.8) is 0 Å². The number of fused-ring (bicyclic) bond motifs is 1. The minimum atomic E-state index is -0.0827. The third kappa shape index (κ3) is 4.65. The molecule has 3 aromatic rings. The highest BCUT2D eigenvalue weighted by Gasteiger charge is 2.14. The van der Waals surface area contributed by atoms with Gasteiger partial charge in [0.05, 0.1) is 5.52 Å². The van der Waals surface area contributed by atoms with Gasteiger partial charge in [0.1, 0.15) is 12.4 Å². The quantitative estimate of drug-likeness (QED) is 0.621. The largest absolute Gasteiger partial charge is 0.481 e. The van der Waals surface area contributed by atoms with Crippen LogP contribution in [0.4, 0.5) is 5.69 Å². The Bertz CT molecular complexity index is 1000. The first-order valence-corrected chi connectivity index (χ1v) is 9.00. The minimum Gasteiger partial charge on any atom is -0.481 e. The molecule has 0 saturated carbocycles. The SMILES string of the molecule is CCCC#CCOc1cccc(N(C)C(=O)c2ccc3ncccc3c2)c1. The van der Waals surface area contributed by atoms with Gasteiger partial charge in [-0.1, -0.05) is 30.9 Å². The van der Waals surface area contributed by atoms with E-state index in [0.29, 0.717) is 17.9 Å². The number of carbonyl (C=O) groups excluding carboxylic acids is 1. The van der Waals surface area contributed by atoms with E-state index in [4.69, 9.17) is 4.74 Å².